The first-order chi connectivity index (χ1) is 12.0. The molecule has 0 aliphatic heterocycles. The van der Waals surface area contributed by atoms with Crippen LogP contribution in [0.15, 0.2) is 17.3 Å². The van der Waals surface area contributed by atoms with Gasteiger partial charge in [0.05, 0.1) is 10.7 Å². The molecule has 1 unspecified atom stereocenters. The van der Waals surface area contributed by atoms with Gasteiger partial charge >= 0.3 is 0 Å². The highest BCUT2D eigenvalue weighted by molar-refractivity contribution is 7.11. The maximum atomic E-state index is 4.72. The average molecular weight is 363 g/mol. The number of aliphatic imine (C=N–C) groups is 1. The highest BCUT2D eigenvalue weighted by Gasteiger charge is 2.07. The molecule has 0 aliphatic carbocycles. The molecule has 0 spiro atoms. The maximum absolute atomic E-state index is 4.72. The van der Waals surface area contributed by atoms with Crippen molar-refractivity contribution in [2.75, 3.05) is 19.6 Å². The summed E-state index contributed by atoms with van der Waals surface area (Å²) in [5.41, 5.74) is 2.28. The molecule has 0 aliphatic rings. The van der Waals surface area contributed by atoms with Crippen LogP contribution in [0.2, 0.25) is 0 Å². The zero-order valence-corrected chi connectivity index (χ0v) is 16.8. The summed E-state index contributed by atoms with van der Waals surface area (Å²) in [6.45, 7) is 13.9. The first-order valence-corrected chi connectivity index (χ1v) is 9.74. The number of rotatable bonds is 8. The number of thiazole rings is 1. The van der Waals surface area contributed by atoms with E-state index in [4.69, 9.17) is 4.99 Å². The lowest BCUT2D eigenvalue weighted by molar-refractivity contribution is 0.449. The van der Waals surface area contributed by atoms with Gasteiger partial charge in [-0.3, -0.25) is 9.67 Å². The Morgan fingerprint density at radius 3 is 2.72 bits per heavy atom. The molecule has 0 aromatic carbocycles. The summed E-state index contributed by atoms with van der Waals surface area (Å²) in [6, 6.07) is 2.11. The smallest absolute Gasteiger partial charge is 0.191 e. The highest BCUT2D eigenvalue weighted by atomic mass is 32.1. The average Bonchev–Trinajstić information content (AvgIpc) is 3.10. The Kier molecular flexibility index (Phi) is 7.43. The van der Waals surface area contributed by atoms with Crippen molar-refractivity contribution < 1.29 is 0 Å². The van der Waals surface area contributed by atoms with Gasteiger partial charge in [0.1, 0.15) is 0 Å². The number of guanidine groups is 1. The van der Waals surface area contributed by atoms with E-state index < -0.39 is 0 Å². The van der Waals surface area contributed by atoms with Crippen molar-refractivity contribution in [1.29, 1.82) is 0 Å². The van der Waals surface area contributed by atoms with Crippen LogP contribution in [0, 0.1) is 26.7 Å². The van der Waals surface area contributed by atoms with Gasteiger partial charge in [0, 0.05) is 49.4 Å². The Labute approximate surface area is 154 Å². The van der Waals surface area contributed by atoms with Gasteiger partial charge in [0.15, 0.2) is 5.96 Å². The fourth-order valence-electron chi connectivity index (χ4n) is 2.61. The second kappa shape index (κ2) is 9.56. The molecular weight excluding hydrogens is 332 g/mol. The molecule has 0 saturated heterocycles. The molecule has 2 aromatic heterocycles. The van der Waals surface area contributed by atoms with Crippen molar-refractivity contribution in [3.63, 3.8) is 0 Å². The third-order valence-corrected chi connectivity index (χ3v) is 4.77. The molecule has 25 heavy (non-hydrogen) atoms. The minimum Gasteiger partial charge on any atom is -0.357 e. The van der Waals surface area contributed by atoms with Crippen molar-refractivity contribution in [1.82, 2.24) is 25.4 Å². The normalized spacial score (nSPS) is 13.1. The number of aryl methyl sites for hydroxylation is 3. The Bertz CT molecular complexity index is 688. The maximum Gasteiger partial charge on any atom is 0.191 e. The van der Waals surface area contributed by atoms with Crippen molar-refractivity contribution in [2.45, 2.75) is 47.6 Å². The lowest BCUT2D eigenvalue weighted by Gasteiger charge is -2.14. The Balaban J connectivity index is 1.82. The van der Waals surface area contributed by atoms with Crippen LogP contribution in [0.5, 0.6) is 0 Å². The van der Waals surface area contributed by atoms with E-state index in [1.807, 2.05) is 13.1 Å². The standard InChI is InChI=1S/C18H30N6S/c1-6-19-18(20-8-7-17-21-11-16(5)25-17)22-10-13(2)12-24-15(4)9-14(3)23-24/h9,11,13H,6-8,10,12H2,1-5H3,(H2,19,20,22). The van der Waals surface area contributed by atoms with E-state index in [9.17, 15) is 0 Å². The summed E-state index contributed by atoms with van der Waals surface area (Å²) in [5, 5.41) is 12.4. The van der Waals surface area contributed by atoms with E-state index in [1.165, 1.54) is 15.6 Å². The van der Waals surface area contributed by atoms with E-state index >= 15 is 0 Å². The Morgan fingerprint density at radius 2 is 2.12 bits per heavy atom. The fourth-order valence-corrected chi connectivity index (χ4v) is 3.39. The third kappa shape index (κ3) is 6.49. The minimum absolute atomic E-state index is 0.426. The fraction of sp³-hybridized carbons (Fsp3) is 0.611. The van der Waals surface area contributed by atoms with Gasteiger partial charge in [-0.25, -0.2) is 4.98 Å². The van der Waals surface area contributed by atoms with Crippen LogP contribution in [0.3, 0.4) is 0 Å². The molecule has 138 valence electrons. The summed E-state index contributed by atoms with van der Waals surface area (Å²) in [7, 11) is 0. The molecule has 0 amide bonds. The van der Waals surface area contributed by atoms with Gasteiger partial charge in [-0.2, -0.15) is 5.10 Å². The molecular formula is C18H30N6S. The number of hydrogen-bond donors (Lipinski definition) is 2. The summed E-state index contributed by atoms with van der Waals surface area (Å²) < 4.78 is 2.07. The molecule has 2 rings (SSSR count). The number of aromatic nitrogens is 3. The van der Waals surface area contributed by atoms with Crippen LogP contribution in [-0.4, -0.2) is 40.4 Å². The Morgan fingerprint density at radius 1 is 1.32 bits per heavy atom. The van der Waals surface area contributed by atoms with Gasteiger partial charge in [-0.05, 0) is 39.7 Å². The summed E-state index contributed by atoms with van der Waals surface area (Å²) in [6.07, 6.45) is 2.85. The molecule has 0 fully saturated rings. The van der Waals surface area contributed by atoms with Crippen LogP contribution >= 0.6 is 11.3 Å². The molecule has 0 saturated carbocycles. The van der Waals surface area contributed by atoms with Crippen LogP contribution in [0.4, 0.5) is 0 Å². The lowest BCUT2D eigenvalue weighted by Crippen LogP contribution is -2.38. The number of nitrogens with one attached hydrogen (secondary N) is 2. The van der Waals surface area contributed by atoms with Crippen molar-refractivity contribution in [3.05, 3.63) is 33.5 Å². The summed E-state index contributed by atoms with van der Waals surface area (Å²) >= 11 is 1.75. The van der Waals surface area contributed by atoms with Gasteiger partial charge in [-0.1, -0.05) is 6.92 Å². The van der Waals surface area contributed by atoms with Gasteiger partial charge in [0.2, 0.25) is 0 Å². The molecule has 7 heteroatoms. The van der Waals surface area contributed by atoms with E-state index in [2.05, 4.69) is 59.2 Å². The molecule has 0 bridgehead atoms. The second-order valence-electron chi connectivity index (χ2n) is 6.48. The molecule has 6 nitrogen and oxygen atoms in total. The van der Waals surface area contributed by atoms with E-state index in [0.29, 0.717) is 5.92 Å². The Hall–Kier alpha value is -1.89. The van der Waals surface area contributed by atoms with Gasteiger partial charge in [-0.15, -0.1) is 11.3 Å². The van der Waals surface area contributed by atoms with Crippen LogP contribution in [0.1, 0.15) is 35.1 Å². The SMILES string of the molecule is CCNC(=NCC(C)Cn1nc(C)cc1C)NCCc1ncc(C)s1. The molecule has 2 heterocycles. The topological polar surface area (TPSA) is 67.1 Å². The van der Waals surface area contributed by atoms with Gasteiger partial charge < -0.3 is 10.6 Å². The van der Waals surface area contributed by atoms with E-state index in [1.54, 1.807) is 11.3 Å². The predicted octanol–water partition coefficient (Wildman–Crippen LogP) is 2.70. The monoisotopic (exact) mass is 362 g/mol. The van der Waals surface area contributed by atoms with Crippen LogP contribution in [-0.2, 0) is 13.0 Å². The first kappa shape index (κ1) is 19.4. The highest BCUT2D eigenvalue weighted by Crippen LogP contribution is 2.11. The number of nitrogens with zero attached hydrogens (tertiary/aromatic N) is 4. The van der Waals surface area contributed by atoms with E-state index in [0.717, 1.165) is 44.3 Å². The minimum atomic E-state index is 0.426. The quantitative estimate of drug-likeness (QED) is 0.560. The van der Waals surface area contributed by atoms with Crippen LogP contribution in [0.25, 0.3) is 0 Å². The van der Waals surface area contributed by atoms with Gasteiger partial charge in [0.25, 0.3) is 0 Å². The zero-order chi connectivity index (χ0) is 18.2. The summed E-state index contributed by atoms with van der Waals surface area (Å²) in [4.78, 5) is 10.4. The predicted molar refractivity (Wildman–Crippen MR) is 105 cm³/mol. The van der Waals surface area contributed by atoms with Crippen molar-refractivity contribution in [3.8, 4) is 0 Å². The zero-order valence-electron chi connectivity index (χ0n) is 16.0. The van der Waals surface area contributed by atoms with E-state index in [-0.39, 0.29) is 0 Å². The third-order valence-electron chi connectivity index (χ3n) is 3.79. The lowest BCUT2D eigenvalue weighted by atomic mass is 10.2. The first-order valence-electron chi connectivity index (χ1n) is 8.92. The second-order valence-corrected chi connectivity index (χ2v) is 7.79. The van der Waals surface area contributed by atoms with Crippen molar-refractivity contribution in [2.24, 2.45) is 10.9 Å². The summed E-state index contributed by atoms with van der Waals surface area (Å²) in [5.74, 6) is 1.30. The molecule has 0 radical (unpaired) electrons. The molecule has 2 aromatic rings. The largest absolute Gasteiger partial charge is 0.357 e. The number of hydrogen-bond acceptors (Lipinski definition) is 4. The molecule has 2 N–H and O–H groups in total. The van der Waals surface area contributed by atoms with Crippen molar-refractivity contribution >= 4 is 17.3 Å². The molecule has 1 atom stereocenters. The van der Waals surface area contributed by atoms with Crippen LogP contribution < -0.4 is 10.6 Å².